The van der Waals surface area contributed by atoms with Gasteiger partial charge in [0.1, 0.15) is 6.04 Å². The Kier molecular flexibility index (Phi) is 6.21. The number of piperidine rings is 1. The van der Waals surface area contributed by atoms with E-state index in [1.165, 1.54) is 5.56 Å². The molecule has 2 atom stereocenters. The maximum Gasteiger partial charge on any atom is 0.325 e. The second kappa shape index (κ2) is 9.04. The van der Waals surface area contributed by atoms with Crippen LogP contribution < -0.4 is 0 Å². The summed E-state index contributed by atoms with van der Waals surface area (Å²) in [5.74, 6) is -0.671. The van der Waals surface area contributed by atoms with E-state index in [-0.39, 0.29) is 5.92 Å². The van der Waals surface area contributed by atoms with Crippen LogP contribution >= 0.6 is 0 Å². The average Bonchev–Trinajstić information content (AvgIpc) is 2.81. The maximum atomic E-state index is 12.3. The third kappa shape index (κ3) is 4.55. The van der Waals surface area contributed by atoms with E-state index < -0.39 is 17.6 Å². The highest BCUT2D eigenvalue weighted by Crippen LogP contribution is 2.36. The Hall–Kier alpha value is -2.95. The molecule has 4 heteroatoms. The fraction of sp³-hybridized carbons (Fsp3) is 0.296. The van der Waals surface area contributed by atoms with Crippen molar-refractivity contribution in [2.45, 2.75) is 37.3 Å². The van der Waals surface area contributed by atoms with Crippen molar-refractivity contribution in [3.8, 4) is 0 Å². The van der Waals surface area contributed by atoms with Gasteiger partial charge in [-0.1, -0.05) is 91.9 Å². The number of hydrogen-bond acceptors (Lipinski definition) is 3. The Bertz CT molecular complexity index is 1010. The molecule has 1 saturated heterocycles. The Balaban J connectivity index is 1.54. The molecule has 2 N–H and O–H groups in total. The van der Waals surface area contributed by atoms with E-state index in [0.717, 1.165) is 16.7 Å². The standard InChI is InChI=1S/C27H29NO3/c1-20(21-9-4-2-5-10-21)22-11-8-12-23(19-22)25(26(29)30)28-17-15-27(31,16-18-28)24-13-6-3-7-14-24/h2-14,19-20,25,31H,15-18H2,1H3,(H,29,30)/t20?,25-/m1/s1. The summed E-state index contributed by atoms with van der Waals surface area (Å²) in [6, 6.07) is 27.1. The van der Waals surface area contributed by atoms with Crippen LogP contribution in [0.25, 0.3) is 0 Å². The van der Waals surface area contributed by atoms with Gasteiger partial charge in [0.15, 0.2) is 0 Å². The molecular weight excluding hydrogens is 386 g/mol. The molecule has 1 unspecified atom stereocenters. The van der Waals surface area contributed by atoms with Gasteiger partial charge in [-0.3, -0.25) is 9.69 Å². The molecule has 1 aliphatic heterocycles. The molecular formula is C27H29NO3. The van der Waals surface area contributed by atoms with E-state index in [9.17, 15) is 15.0 Å². The number of likely N-dealkylation sites (tertiary alicyclic amines) is 1. The molecule has 1 aliphatic rings. The van der Waals surface area contributed by atoms with Crippen LogP contribution in [0.3, 0.4) is 0 Å². The van der Waals surface area contributed by atoms with Crippen LogP contribution in [0, 0.1) is 0 Å². The number of aliphatic hydroxyl groups is 1. The minimum Gasteiger partial charge on any atom is -0.480 e. The minimum atomic E-state index is -0.898. The van der Waals surface area contributed by atoms with Crippen molar-refractivity contribution in [3.05, 3.63) is 107 Å². The largest absolute Gasteiger partial charge is 0.480 e. The van der Waals surface area contributed by atoms with E-state index >= 15 is 0 Å². The number of hydrogen-bond donors (Lipinski definition) is 2. The molecule has 160 valence electrons. The number of benzene rings is 3. The number of aliphatic carboxylic acids is 1. The third-order valence-electron chi connectivity index (χ3n) is 6.56. The van der Waals surface area contributed by atoms with Gasteiger partial charge in [-0.25, -0.2) is 0 Å². The van der Waals surface area contributed by atoms with Crippen molar-refractivity contribution in [2.24, 2.45) is 0 Å². The lowest BCUT2D eigenvalue weighted by Crippen LogP contribution is -2.46. The van der Waals surface area contributed by atoms with Crippen LogP contribution in [0.4, 0.5) is 0 Å². The first-order valence-electron chi connectivity index (χ1n) is 10.9. The molecule has 3 aromatic rings. The van der Waals surface area contributed by atoms with E-state index in [0.29, 0.717) is 25.9 Å². The summed E-state index contributed by atoms with van der Waals surface area (Å²) >= 11 is 0. The van der Waals surface area contributed by atoms with E-state index in [1.807, 2.05) is 71.6 Å². The highest BCUT2D eigenvalue weighted by Gasteiger charge is 2.38. The fourth-order valence-corrected chi connectivity index (χ4v) is 4.63. The van der Waals surface area contributed by atoms with Gasteiger partial charge < -0.3 is 10.2 Å². The zero-order valence-electron chi connectivity index (χ0n) is 17.8. The van der Waals surface area contributed by atoms with Crippen molar-refractivity contribution >= 4 is 5.97 Å². The van der Waals surface area contributed by atoms with Gasteiger partial charge in [0, 0.05) is 19.0 Å². The summed E-state index contributed by atoms with van der Waals surface area (Å²) in [7, 11) is 0. The molecule has 0 spiro atoms. The Labute approximate surface area is 183 Å². The summed E-state index contributed by atoms with van der Waals surface area (Å²) in [5, 5.41) is 21.2. The lowest BCUT2D eigenvalue weighted by Gasteiger charge is -2.41. The van der Waals surface area contributed by atoms with Crippen LogP contribution in [0.1, 0.15) is 54.0 Å². The third-order valence-corrected chi connectivity index (χ3v) is 6.56. The first-order chi connectivity index (χ1) is 15.0. The lowest BCUT2D eigenvalue weighted by atomic mass is 9.83. The smallest absolute Gasteiger partial charge is 0.325 e. The molecule has 4 nitrogen and oxygen atoms in total. The molecule has 0 aromatic heterocycles. The molecule has 31 heavy (non-hydrogen) atoms. The molecule has 1 fully saturated rings. The van der Waals surface area contributed by atoms with Crippen molar-refractivity contribution < 1.29 is 15.0 Å². The van der Waals surface area contributed by atoms with Gasteiger partial charge in [0.25, 0.3) is 0 Å². The van der Waals surface area contributed by atoms with E-state index in [1.54, 1.807) is 0 Å². The number of carboxylic acid groups (broad SMARTS) is 1. The minimum absolute atomic E-state index is 0.181. The number of carbonyl (C=O) groups is 1. The van der Waals surface area contributed by atoms with Crippen molar-refractivity contribution in [3.63, 3.8) is 0 Å². The second-order valence-electron chi connectivity index (χ2n) is 8.48. The Morgan fingerprint density at radius 3 is 2.00 bits per heavy atom. The van der Waals surface area contributed by atoms with Crippen LogP contribution in [0.15, 0.2) is 84.9 Å². The summed E-state index contributed by atoms with van der Waals surface area (Å²) in [6.07, 6.45) is 1.03. The van der Waals surface area contributed by atoms with Crippen molar-refractivity contribution in [1.82, 2.24) is 4.90 Å². The maximum absolute atomic E-state index is 12.3. The first-order valence-corrected chi connectivity index (χ1v) is 10.9. The molecule has 0 saturated carbocycles. The molecule has 0 radical (unpaired) electrons. The topological polar surface area (TPSA) is 60.8 Å². The average molecular weight is 416 g/mol. The molecule has 0 bridgehead atoms. The van der Waals surface area contributed by atoms with Gasteiger partial charge >= 0.3 is 5.97 Å². The molecule has 4 rings (SSSR count). The highest BCUT2D eigenvalue weighted by atomic mass is 16.4. The van der Waals surface area contributed by atoms with Gasteiger partial charge in [-0.2, -0.15) is 0 Å². The number of rotatable bonds is 6. The van der Waals surface area contributed by atoms with Crippen molar-refractivity contribution in [1.29, 1.82) is 0 Å². The number of carboxylic acids is 1. The first kappa shape index (κ1) is 21.3. The molecule has 0 aliphatic carbocycles. The molecule has 1 heterocycles. The zero-order chi connectivity index (χ0) is 21.8. The summed E-state index contributed by atoms with van der Waals surface area (Å²) < 4.78 is 0. The number of nitrogens with zero attached hydrogens (tertiary/aromatic N) is 1. The lowest BCUT2D eigenvalue weighted by molar-refractivity contribution is -0.146. The van der Waals surface area contributed by atoms with Crippen LogP contribution in [0.2, 0.25) is 0 Å². The fourth-order valence-electron chi connectivity index (χ4n) is 4.63. The van der Waals surface area contributed by atoms with E-state index in [2.05, 4.69) is 25.1 Å². The van der Waals surface area contributed by atoms with Crippen LogP contribution in [0.5, 0.6) is 0 Å². The normalized spacial score (nSPS) is 18.3. The molecule has 0 amide bonds. The zero-order valence-corrected chi connectivity index (χ0v) is 17.8. The summed E-state index contributed by atoms with van der Waals surface area (Å²) in [6.45, 7) is 3.20. The molecule has 3 aromatic carbocycles. The van der Waals surface area contributed by atoms with E-state index in [4.69, 9.17) is 0 Å². The van der Waals surface area contributed by atoms with Gasteiger partial charge in [0.2, 0.25) is 0 Å². The summed E-state index contributed by atoms with van der Waals surface area (Å²) in [4.78, 5) is 14.3. The Morgan fingerprint density at radius 1 is 0.839 bits per heavy atom. The van der Waals surface area contributed by atoms with Gasteiger partial charge in [-0.05, 0) is 35.1 Å². The predicted molar refractivity (Wildman–Crippen MR) is 122 cm³/mol. The predicted octanol–water partition coefficient (Wildman–Crippen LogP) is 4.95. The van der Waals surface area contributed by atoms with Crippen molar-refractivity contribution in [2.75, 3.05) is 13.1 Å². The quantitative estimate of drug-likeness (QED) is 0.598. The van der Waals surface area contributed by atoms with Crippen LogP contribution in [-0.2, 0) is 10.4 Å². The van der Waals surface area contributed by atoms with Gasteiger partial charge in [0.05, 0.1) is 5.60 Å². The summed E-state index contributed by atoms with van der Waals surface area (Å²) in [5.41, 5.74) is 3.10. The van der Waals surface area contributed by atoms with Crippen LogP contribution in [-0.4, -0.2) is 34.2 Å². The highest BCUT2D eigenvalue weighted by molar-refractivity contribution is 5.75. The Morgan fingerprint density at radius 2 is 1.39 bits per heavy atom. The monoisotopic (exact) mass is 415 g/mol. The SMILES string of the molecule is CC(c1ccccc1)c1cccc([C@H](C(=O)O)N2CCC(O)(c3ccccc3)CC2)c1. The van der Waals surface area contributed by atoms with Gasteiger partial charge in [-0.15, -0.1) is 0 Å². The second-order valence-corrected chi connectivity index (χ2v) is 8.48.